The summed E-state index contributed by atoms with van der Waals surface area (Å²) in [6.07, 6.45) is -5.90. The van der Waals surface area contributed by atoms with Crippen LogP contribution in [0.4, 0.5) is 13.2 Å². The summed E-state index contributed by atoms with van der Waals surface area (Å²) in [6.45, 7) is 2.32. The number of aliphatic hydroxyl groups is 1. The van der Waals surface area contributed by atoms with Gasteiger partial charge in [0.25, 0.3) is 0 Å². The van der Waals surface area contributed by atoms with Crippen molar-refractivity contribution in [2.24, 2.45) is 0 Å². The first kappa shape index (κ1) is 12.0. The monoisotopic (exact) mass is 223 g/mol. The third-order valence-corrected chi connectivity index (χ3v) is 1.88. The number of halogens is 3. The maximum Gasteiger partial charge on any atom is 0.391 e. The van der Waals surface area contributed by atoms with Crippen LogP contribution in [0.25, 0.3) is 0 Å². The van der Waals surface area contributed by atoms with E-state index in [-0.39, 0.29) is 6.42 Å². The van der Waals surface area contributed by atoms with Gasteiger partial charge < -0.3 is 5.11 Å². The topological polar surface area (TPSA) is 50.9 Å². The summed E-state index contributed by atoms with van der Waals surface area (Å²) in [4.78, 5) is 3.78. The predicted octanol–water partition coefficient (Wildman–Crippen LogP) is 1.15. The van der Waals surface area contributed by atoms with Crippen molar-refractivity contribution >= 4 is 0 Å². The van der Waals surface area contributed by atoms with E-state index in [2.05, 4.69) is 10.1 Å². The minimum Gasteiger partial charge on any atom is -0.392 e. The number of rotatable bonds is 4. The molecule has 0 bridgehead atoms. The molecule has 0 spiro atoms. The van der Waals surface area contributed by atoms with Crippen molar-refractivity contribution in [3.63, 3.8) is 0 Å². The van der Waals surface area contributed by atoms with E-state index in [1.165, 1.54) is 11.0 Å². The molecule has 0 saturated carbocycles. The predicted molar refractivity (Wildman–Crippen MR) is 46.1 cm³/mol. The number of nitrogens with zero attached hydrogens (tertiary/aromatic N) is 3. The van der Waals surface area contributed by atoms with Gasteiger partial charge in [-0.1, -0.05) is 0 Å². The Morgan fingerprint density at radius 3 is 2.73 bits per heavy atom. The normalized spacial score (nSPS) is 14.2. The van der Waals surface area contributed by atoms with Gasteiger partial charge in [0, 0.05) is 13.0 Å². The zero-order valence-electron chi connectivity index (χ0n) is 8.20. The van der Waals surface area contributed by atoms with Crippen LogP contribution in [-0.4, -0.2) is 32.2 Å². The van der Waals surface area contributed by atoms with E-state index in [0.29, 0.717) is 12.4 Å². The highest BCUT2D eigenvalue weighted by Crippen LogP contribution is 2.22. The fraction of sp³-hybridized carbons (Fsp3) is 0.750. The summed E-state index contributed by atoms with van der Waals surface area (Å²) in [5.41, 5.74) is 0. The second kappa shape index (κ2) is 4.61. The Bertz CT molecular complexity index is 310. The Labute approximate surface area is 84.7 Å². The van der Waals surface area contributed by atoms with Crippen LogP contribution in [0.3, 0.4) is 0 Å². The molecule has 86 valence electrons. The molecule has 1 aromatic heterocycles. The SMILES string of the molecule is CCn1ncnc1CC(O)CC(F)(F)F. The van der Waals surface area contributed by atoms with E-state index in [1.54, 1.807) is 6.92 Å². The van der Waals surface area contributed by atoms with E-state index in [4.69, 9.17) is 0 Å². The minimum absolute atomic E-state index is 0.132. The van der Waals surface area contributed by atoms with Crippen molar-refractivity contribution < 1.29 is 18.3 Å². The van der Waals surface area contributed by atoms with Crippen LogP contribution >= 0.6 is 0 Å². The van der Waals surface area contributed by atoms with E-state index in [0.717, 1.165) is 0 Å². The highest BCUT2D eigenvalue weighted by Gasteiger charge is 2.31. The van der Waals surface area contributed by atoms with Crippen molar-refractivity contribution in [1.29, 1.82) is 0 Å². The number of hydrogen-bond donors (Lipinski definition) is 1. The van der Waals surface area contributed by atoms with Crippen LogP contribution in [0.15, 0.2) is 6.33 Å². The fourth-order valence-corrected chi connectivity index (χ4v) is 1.26. The fourth-order valence-electron chi connectivity index (χ4n) is 1.26. The smallest absolute Gasteiger partial charge is 0.391 e. The molecule has 4 nitrogen and oxygen atoms in total. The maximum atomic E-state index is 11.9. The van der Waals surface area contributed by atoms with E-state index in [9.17, 15) is 18.3 Å². The molecule has 1 unspecified atom stereocenters. The summed E-state index contributed by atoms with van der Waals surface area (Å²) >= 11 is 0. The second-order valence-corrected chi connectivity index (χ2v) is 3.17. The van der Waals surface area contributed by atoms with E-state index in [1.807, 2.05) is 0 Å². The molecule has 0 fully saturated rings. The highest BCUT2D eigenvalue weighted by atomic mass is 19.4. The molecule has 0 amide bonds. The number of aromatic nitrogens is 3. The highest BCUT2D eigenvalue weighted by molar-refractivity contribution is 4.87. The number of aryl methyl sites for hydroxylation is 1. The largest absolute Gasteiger partial charge is 0.392 e. The van der Waals surface area contributed by atoms with Gasteiger partial charge in [-0.15, -0.1) is 0 Å². The third-order valence-electron chi connectivity index (χ3n) is 1.88. The Kier molecular flexibility index (Phi) is 3.67. The van der Waals surface area contributed by atoms with Gasteiger partial charge in [0.1, 0.15) is 12.2 Å². The third kappa shape index (κ3) is 3.86. The average molecular weight is 223 g/mol. The van der Waals surface area contributed by atoms with Crippen molar-refractivity contribution in [2.45, 2.75) is 38.6 Å². The van der Waals surface area contributed by atoms with Gasteiger partial charge >= 0.3 is 6.18 Å². The summed E-state index contributed by atoms with van der Waals surface area (Å²) in [5, 5.41) is 13.0. The van der Waals surface area contributed by atoms with Gasteiger partial charge in [0.05, 0.1) is 12.5 Å². The van der Waals surface area contributed by atoms with Gasteiger partial charge in [-0.05, 0) is 6.92 Å². The van der Waals surface area contributed by atoms with Crippen molar-refractivity contribution in [1.82, 2.24) is 14.8 Å². The second-order valence-electron chi connectivity index (χ2n) is 3.17. The number of hydrogen-bond acceptors (Lipinski definition) is 3. The number of aliphatic hydroxyl groups excluding tert-OH is 1. The molecule has 1 rings (SSSR count). The number of alkyl halides is 3. The van der Waals surface area contributed by atoms with Crippen molar-refractivity contribution in [3.8, 4) is 0 Å². The van der Waals surface area contributed by atoms with E-state index >= 15 is 0 Å². The maximum absolute atomic E-state index is 11.9. The molecule has 1 N–H and O–H groups in total. The van der Waals surface area contributed by atoms with Crippen LogP contribution in [0, 0.1) is 0 Å². The van der Waals surface area contributed by atoms with Gasteiger partial charge in [0.2, 0.25) is 0 Å². The molecule has 0 aliphatic rings. The summed E-state index contributed by atoms with van der Waals surface area (Å²) in [5.74, 6) is 0.370. The first-order valence-electron chi connectivity index (χ1n) is 4.54. The molecule has 0 saturated heterocycles. The molecule has 0 aliphatic heterocycles. The molecule has 0 aliphatic carbocycles. The van der Waals surface area contributed by atoms with Crippen LogP contribution in [-0.2, 0) is 13.0 Å². The minimum atomic E-state index is -4.35. The molecule has 1 atom stereocenters. The zero-order chi connectivity index (χ0) is 11.5. The molecule has 15 heavy (non-hydrogen) atoms. The molecule has 7 heteroatoms. The zero-order valence-corrected chi connectivity index (χ0v) is 8.20. The van der Waals surface area contributed by atoms with Crippen LogP contribution < -0.4 is 0 Å². The van der Waals surface area contributed by atoms with Gasteiger partial charge in [-0.25, -0.2) is 4.98 Å². The molecular formula is C8H12F3N3O. The van der Waals surface area contributed by atoms with E-state index < -0.39 is 18.7 Å². The quantitative estimate of drug-likeness (QED) is 0.833. The lowest BCUT2D eigenvalue weighted by Crippen LogP contribution is -2.23. The van der Waals surface area contributed by atoms with Gasteiger partial charge in [-0.3, -0.25) is 4.68 Å². The van der Waals surface area contributed by atoms with Crippen LogP contribution in [0.5, 0.6) is 0 Å². The molecular weight excluding hydrogens is 211 g/mol. The Balaban J connectivity index is 2.55. The summed E-state index contributed by atoms with van der Waals surface area (Å²) in [6, 6.07) is 0. The lowest BCUT2D eigenvalue weighted by atomic mass is 10.2. The first-order chi connectivity index (χ1) is 6.92. The van der Waals surface area contributed by atoms with Crippen LogP contribution in [0.1, 0.15) is 19.2 Å². The van der Waals surface area contributed by atoms with Crippen LogP contribution in [0.2, 0.25) is 0 Å². The first-order valence-corrected chi connectivity index (χ1v) is 4.54. The Morgan fingerprint density at radius 1 is 1.53 bits per heavy atom. The Hall–Kier alpha value is -1.11. The summed E-state index contributed by atoms with van der Waals surface area (Å²) in [7, 11) is 0. The van der Waals surface area contributed by atoms with Gasteiger partial charge in [-0.2, -0.15) is 18.3 Å². The lowest BCUT2D eigenvalue weighted by molar-refractivity contribution is -0.153. The van der Waals surface area contributed by atoms with Crippen molar-refractivity contribution in [2.75, 3.05) is 0 Å². The Morgan fingerprint density at radius 2 is 2.20 bits per heavy atom. The molecule has 0 aromatic carbocycles. The van der Waals surface area contributed by atoms with Gasteiger partial charge in [0.15, 0.2) is 0 Å². The standard InChI is InChI=1S/C8H12F3N3O/c1-2-14-7(12-5-13-14)3-6(15)4-8(9,10)11/h5-6,15H,2-4H2,1H3. The molecule has 1 aromatic rings. The summed E-state index contributed by atoms with van der Waals surface area (Å²) < 4.78 is 37.2. The van der Waals surface area contributed by atoms with Crippen molar-refractivity contribution in [3.05, 3.63) is 12.2 Å². The average Bonchev–Trinajstić information content (AvgIpc) is 2.48. The molecule has 1 heterocycles. The lowest BCUT2D eigenvalue weighted by Gasteiger charge is -2.12. The molecule has 0 radical (unpaired) electrons.